The summed E-state index contributed by atoms with van der Waals surface area (Å²) in [6.45, 7) is 7.11. The maximum Gasteiger partial charge on any atom is 0.353 e. The summed E-state index contributed by atoms with van der Waals surface area (Å²) in [6.07, 6.45) is 5.89. The van der Waals surface area contributed by atoms with Crippen molar-refractivity contribution in [3.05, 3.63) is 45.0 Å². The first kappa shape index (κ1) is 22.7. The van der Waals surface area contributed by atoms with Crippen molar-refractivity contribution in [3.8, 4) is 12.3 Å². The van der Waals surface area contributed by atoms with Crippen LogP contribution in [-0.2, 0) is 27.8 Å². The largest absolute Gasteiger partial charge is 0.353 e. The third-order valence-corrected chi connectivity index (χ3v) is 6.37. The quantitative estimate of drug-likeness (QED) is 0.503. The molecule has 1 N–H and O–H groups in total. The van der Waals surface area contributed by atoms with Crippen LogP contribution in [0.1, 0.15) is 33.9 Å². The van der Waals surface area contributed by atoms with E-state index >= 15 is 0 Å². The number of rotatable bonds is 7. The average Bonchev–Trinajstić information content (AvgIpc) is 3.13. The van der Waals surface area contributed by atoms with E-state index in [0.717, 1.165) is 0 Å². The Bertz CT molecular complexity index is 1010. The van der Waals surface area contributed by atoms with Crippen LogP contribution in [0.5, 0.6) is 0 Å². The zero-order chi connectivity index (χ0) is 22.2. The molecule has 1 aromatic rings. The predicted octanol–water partition coefficient (Wildman–Crippen LogP) is 1.74. The number of fused-ring (bicyclic) bond motifs is 1. The molecule has 2 aliphatic rings. The zero-order valence-corrected chi connectivity index (χ0v) is 18.1. The second-order valence-electron chi connectivity index (χ2n) is 7.18. The van der Waals surface area contributed by atoms with E-state index in [-0.39, 0.29) is 13.2 Å². The number of aromatic amines is 1. The van der Waals surface area contributed by atoms with Crippen molar-refractivity contribution < 1.29 is 27.8 Å². The summed E-state index contributed by atoms with van der Waals surface area (Å²) in [6, 6.07) is 1.19. The second kappa shape index (κ2) is 8.27. The Hall–Kier alpha value is -1.99. The third kappa shape index (κ3) is 4.23. The molecule has 164 valence electrons. The molecule has 30 heavy (non-hydrogen) atoms. The Balaban J connectivity index is 2.05. The molecule has 0 aliphatic carbocycles. The molecule has 0 aromatic carbocycles. The standard InChI is InChI=1S/C19H25N2O8P/c1-6-19(10-12-30(24,25-7-2)26-8-3)15-14(27-18(4,5)28-15)16(29-19)21-11-9-13(22)20-17(21)23/h1,9-12,14-16H,7-8H2,2-5H3,(H,20,22,23)/b12-10+/t14-,15+,16?,19?/m1/s1. The Morgan fingerprint density at radius 3 is 2.50 bits per heavy atom. The summed E-state index contributed by atoms with van der Waals surface area (Å²) >= 11 is 0. The van der Waals surface area contributed by atoms with Gasteiger partial charge in [0.25, 0.3) is 5.56 Å². The molecule has 2 saturated heterocycles. The fourth-order valence-corrected chi connectivity index (χ4v) is 4.86. The number of ether oxygens (including phenoxy) is 3. The molecule has 2 aliphatic heterocycles. The SMILES string of the molecule is C#CC1(/C=C/P(=O)(OCC)OCC)OC(n2ccc(=O)[nH]c2=O)[C@@H]2OC(C)(C)O[C@@H]21. The normalized spacial score (nSPS) is 30.4. The first-order chi connectivity index (χ1) is 14.1. The summed E-state index contributed by atoms with van der Waals surface area (Å²) in [7, 11) is -3.57. The minimum atomic E-state index is -3.57. The Labute approximate surface area is 173 Å². The maximum absolute atomic E-state index is 12.9. The van der Waals surface area contributed by atoms with E-state index in [9.17, 15) is 14.2 Å². The van der Waals surface area contributed by atoms with Crippen LogP contribution >= 0.6 is 7.60 Å². The first-order valence-electron chi connectivity index (χ1n) is 9.50. The molecular formula is C19H25N2O8P. The van der Waals surface area contributed by atoms with Crippen molar-refractivity contribution in [2.75, 3.05) is 13.2 Å². The highest BCUT2D eigenvalue weighted by Crippen LogP contribution is 2.53. The van der Waals surface area contributed by atoms with Crippen molar-refractivity contribution in [2.24, 2.45) is 0 Å². The van der Waals surface area contributed by atoms with Gasteiger partial charge in [0.15, 0.2) is 17.6 Å². The van der Waals surface area contributed by atoms with Crippen molar-refractivity contribution in [1.29, 1.82) is 0 Å². The Morgan fingerprint density at radius 2 is 1.93 bits per heavy atom. The molecule has 0 amide bonds. The van der Waals surface area contributed by atoms with Gasteiger partial charge in [0.05, 0.1) is 13.2 Å². The minimum absolute atomic E-state index is 0.166. The summed E-state index contributed by atoms with van der Waals surface area (Å²) in [4.78, 5) is 26.0. The number of nitrogens with zero attached hydrogens (tertiary/aromatic N) is 1. The van der Waals surface area contributed by atoms with Crippen LogP contribution in [0.4, 0.5) is 0 Å². The highest BCUT2D eigenvalue weighted by Gasteiger charge is 2.62. The molecular weight excluding hydrogens is 415 g/mol. The summed E-state index contributed by atoms with van der Waals surface area (Å²) < 4.78 is 42.6. The predicted molar refractivity (Wildman–Crippen MR) is 107 cm³/mol. The van der Waals surface area contributed by atoms with Gasteiger partial charge in [0.1, 0.15) is 12.2 Å². The maximum atomic E-state index is 12.9. The lowest BCUT2D eigenvalue weighted by atomic mass is 9.96. The number of aromatic nitrogens is 2. The number of hydrogen-bond acceptors (Lipinski definition) is 8. The zero-order valence-electron chi connectivity index (χ0n) is 17.2. The van der Waals surface area contributed by atoms with Crippen LogP contribution in [0, 0.1) is 12.3 Å². The minimum Gasteiger partial charge on any atom is -0.340 e. The summed E-state index contributed by atoms with van der Waals surface area (Å²) in [5, 5.41) is 0. The molecule has 3 heterocycles. The van der Waals surface area contributed by atoms with Gasteiger partial charge < -0.3 is 23.3 Å². The second-order valence-corrected chi connectivity index (χ2v) is 9.07. The third-order valence-electron chi connectivity index (χ3n) is 4.62. The summed E-state index contributed by atoms with van der Waals surface area (Å²) in [5.74, 6) is 2.77. The molecule has 2 fully saturated rings. The number of hydrogen-bond donors (Lipinski definition) is 1. The van der Waals surface area contributed by atoms with E-state index in [1.165, 1.54) is 28.7 Å². The molecule has 0 spiro atoms. The van der Waals surface area contributed by atoms with Crippen molar-refractivity contribution in [1.82, 2.24) is 9.55 Å². The number of nitrogens with one attached hydrogen (secondary N) is 1. The molecule has 2 unspecified atom stereocenters. The molecule has 3 rings (SSSR count). The van der Waals surface area contributed by atoms with Crippen LogP contribution in [0.15, 0.2) is 33.7 Å². The monoisotopic (exact) mass is 440 g/mol. The number of H-pyrrole nitrogens is 1. The lowest BCUT2D eigenvalue weighted by Gasteiger charge is -2.28. The molecule has 10 nitrogen and oxygen atoms in total. The Morgan fingerprint density at radius 1 is 1.27 bits per heavy atom. The van der Waals surface area contributed by atoms with Crippen LogP contribution in [-0.4, -0.2) is 46.4 Å². The van der Waals surface area contributed by atoms with Crippen LogP contribution < -0.4 is 11.2 Å². The molecule has 1 aromatic heterocycles. The van der Waals surface area contributed by atoms with Gasteiger partial charge in [-0.15, -0.1) is 6.42 Å². The smallest absolute Gasteiger partial charge is 0.340 e. The van der Waals surface area contributed by atoms with Gasteiger partial charge in [-0.3, -0.25) is 18.9 Å². The van der Waals surface area contributed by atoms with E-state index in [4.69, 9.17) is 29.7 Å². The lowest BCUT2D eigenvalue weighted by molar-refractivity contribution is -0.201. The fraction of sp³-hybridized carbons (Fsp3) is 0.579. The van der Waals surface area contributed by atoms with Gasteiger partial charge in [-0.05, 0) is 33.8 Å². The highest BCUT2D eigenvalue weighted by atomic mass is 31.2. The average molecular weight is 440 g/mol. The molecule has 0 radical (unpaired) electrons. The first-order valence-corrected chi connectivity index (χ1v) is 11.1. The molecule has 11 heteroatoms. The van der Waals surface area contributed by atoms with Crippen LogP contribution in [0.2, 0.25) is 0 Å². The van der Waals surface area contributed by atoms with E-state index in [1.807, 2.05) is 0 Å². The van der Waals surface area contributed by atoms with Crippen molar-refractivity contribution in [3.63, 3.8) is 0 Å². The van der Waals surface area contributed by atoms with Gasteiger partial charge in [0, 0.05) is 18.1 Å². The van der Waals surface area contributed by atoms with Gasteiger partial charge in [-0.2, -0.15) is 0 Å². The van der Waals surface area contributed by atoms with E-state index < -0.39 is 48.7 Å². The van der Waals surface area contributed by atoms with Gasteiger partial charge in [0.2, 0.25) is 0 Å². The molecule has 0 saturated carbocycles. The van der Waals surface area contributed by atoms with Crippen LogP contribution in [0.3, 0.4) is 0 Å². The lowest BCUT2D eigenvalue weighted by Crippen LogP contribution is -2.40. The van der Waals surface area contributed by atoms with Gasteiger partial charge in [-0.25, -0.2) is 4.79 Å². The number of terminal acetylenes is 1. The van der Waals surface area contributed by atoms with E-state index in [0.29, 0.717) is 0 Å². The molecule has 0 bridgehead atoms. The highest BCUT2D eigenvalue weighted by molar-refractivity contribution is 7.57. The van der Waals surface area contributed by atoms with Crippen molar-refractivity contribution >= 4 is 7.60 Å². The van der Waals surface area contributed by atoms with E-state index in [1.54, 1.807) is 27.7 Å². The van der Waals surface area contributed by atoms with Gasteiger partial charge >= 0.3 is 13.3 Å². The topological polar surface area (TPSA) is 118 Å². The van der Waals surface area contributed by atoms with Crippen LogP contribution in [0.25, 0.3) is 0 Å². The molecule has 4 atom stereocenters. The summed E-state index contributed by atoms with van der Waals surface area (Å²) in [5.41, 5.74) is -2.76. The van der Waals surface area contributed by atoms with E-state index in [2.05, 4.69) is 10.9 Å². The van der Waals surface area contributed by atoms with Crippen molar-refractivity contribution in [2.45, 2.75) is 57.5 Å². The van der Waals surface area contributed by atoms with Gasteiger partial charge in [-0.1, -0.05) is 5.92 Å². The Kier molecular flexibility index (Phi) is 6.25. The fourth-order valence-electron chi connectivity index (χ4n) is 3.49.